The van der Waals surface area contributed by atoms with Crippen molar-refractivity contribution < 1.29 is 19.3 Å². The molecule has 38 heavy (non-hydrogen) atoms. The van der Waals surface area contributed by atoms with Crippen molar-refractivity contribution in [3.05, 3.63) is 51.7 Å². The molecule has 0 amide bonds. The summed E-state index contributed by atoms with van der Waals surface area (Å²) in [6, 6.07) is 5.03. The first-order valence-electron chi connectivity index (χ1n) is 13.4. The standard InChI is InChI=1S/C28H36FN5O4/c1-16(2)34-23-11-18(26-21(29)12-30-28(32-26)31-22-8-10-38-15-25(22)36)6-7-20(23)27(37)17(3)24(34)14-33-9-4-5-19(35)13-33/h6-7,11-12,16,19,22,25,35-36H,4-5,8-10,13-15H2,1-3H3,(H,30,31,32)/t19-,22+,25+/m0/s1. The van der Waals surface area contributed by atoms with Gasteiger partial charge in [0.15, 0.2) is 11.2 Å². The highest BCUT2D eigenvalue weighted by Crippen LogP contribution is 2.29. The van der Waals surface area contributed by atoms with Crippen LogP contribution < -0.4 is 10.7 Å². The molecule has 2 aliphatic heterocycles. The van der Waals surface area contributed by atoms with E-state index in [1.54, 1.807) is 12.1 Å². The van der Waals surface area contributed by atoms with Gasteiger partial charge in [-0.1, -0.05) is 6.07 Å². The number of hydrogen-bond acceptors (Lipinski definition) is 8. The maximum absolute atomic E-state index is 15.0. The topological polar surface area (TPSA) is 113 Å². The Labute approximate surface area is 221 Å². The number of hydrogen-bond donors (Lipinski definition) is 3. The van der Waals surface area contributed by atoms with Gasteiger partial charge in [0, 0.05) is 47.9 Å². The Kier molecular flexibility index (Phi) is 7.76. The predicted octanol–water partition coefficient (Wildman–Crippen LogP) is 3.01. The highest BCUT2D eigenvalue weighted by molar-refractivity contribution is 5.85. The van der Waals surface area contributed by atoms with Crippen LogP contribution in [-0.2, 0) is 11.3 Å². The zero-order valence-corrected chi connectivity index (χ0v) is 22.2. The van der Waals surface area contributed by atoms with Crippen LogP contribution in [-0.4, -0.2) is 74.2 Å². The molecule has 2 saturated heterocycles. The van der Waals surface area contributed by atoms with E-state index in [-0.39, 0.29) is 41.9 Å². The second kappa shape index (κ2) is 11.1. The molecule has 0 bridgehead atoms. The lowest BCUT2D eigenvalue weighted by Crippen LogP contribution is -2.42. The highest BCUT2D eigenvalue weighted by atomic mass is 19.1. The number of likely N-dealkylation sites (tertiary alicyclic amines) is 1. The zero-order valence-electron chi connectivity index (χ0n) is 22.2. The number of piperidine rings is 1. The summed E-state index contributed by atoms with van der Waals surface area (Å²) in [6.45, 7) is 8.72. The smallest absolute Gasteiger partial charge is 0.223 e. The largest absolute Gasteiger partial charge is 0.392 e. The third kappa shape index (κ3) is 5.31. The molecule has 3 aromatic rings. The zero-order chi connectivity index (χ0) is 27.0. The van der Waals surface area contributed by atoms with Gasteiger partial charge in [-0.15, -0.1) is 0 Å². The van der Waals surface area contributed by atoms with Crippen LogP contribution in [0.25, 0.3) is 22.2 Å². The van der Waals surface area contributed by atoms with Crippen LogP contribution in [0.15, 0.2) is 29.2 Å². The highest BCUT2D eigenvalue weighted by Gasteiger charge is 2.26. The molecule has 9 nitrogen and oxygen atoms in total. The van der Waals surface area contributed by atoms with Crippen molar-refractivity contribution in [3.8, 4) is 11.3 Å². The van der Waals surface area contributed by atoms with Crippen molar-refractivity contribution in [3.63, 3.8) is 0 Å². The fourth-order valence-electron chi connectivity index (χ4n) is 5.60. The van der Waals surface area contributed by atoms with E-state index in [4.69, 9.17) is 4.74 Å². The minimum Gasteiger partial charge on any atom is -0.392 e. The molecule has 5 rings (SSSR count). The molecule has 2 fully saturated rings. The van der Waals surface area contributed by atoms with Gasteiger partial charge in [-0.25, -0.2) is 14.4 Å². The molecular formula is C28H36FN5O4. The molecule has 1 aromatic carbocycles. The molecule has 204 valence electrons. The summed E-state index contributed by atoms with van der Waals surface area (Å²) >= 11 is 0. The first-order chi connectivity index (χ1) is 18.2. The number of pyridine rings is 1. The summed E-state index contributed by atoms with van der Waals surface area (Å²) in [5.74, 6) is -0.350. The average molecular weight is 526 g/mol. The molecule has 0 spiro atoms. The van der Waals surface area contributed by atoms with Gasteiger partial charge < -0.3 is 24.8 Å². The fourth-order valence-corrected chi connectivity index (χ4v) is 5.60. The van der Waals surface area contributed by atoms with Gasteiger partial charge in [0.2, 0.25) is 5.95 Å². The van der Waals surface area contributed by atoms with Crippen LogP contribution in [0.4, 0.5) is 10.3 Å². The third-order valence-electron chi connectivity index (χ3n) is 7.59. The Hall–Kier alpha value is -2.92. The number of aliphatic hydroxyl groups is 2. The second-order valence-corrected chi connectivity index (χ2v) is 10.7. The summed E-state index contributed by atoms with van der Waals surface area (Å²) < 4.78 is 22.4. The monoisotopic (exact) mass is 525 g/mol. The van der Waals surface area contributed by atoms with Crippen LogP contribution in [0.1, 0.15) is 50.4 Å². The second-order valence-electron chi connectivity index (χ2n) is 10.7. The lowest BCUT2D eigenvalue weighted by Gasteiger charge is -2.32. The van der Waals surface area contributed by atoms with Crippen LogP contribution in [0.2, 0.25) is 0 Å². The average Bonchev–Trinajstić information content (AvgIpc) is 2.89. The van der Waals surface area contributed by atoms with Gasteiger partial charge in [-0.05, 0) is 58.7 Å². The Balaban J connectivity index is 1.57. The summed E-state index contributed by atoms with van der Waals surface area (Å²) in [7, 11) is 0. The number of aliphatic hydroxyl groups excluding tert-OH is 2. The minimum atomic E-state index is -0.704. The van der Waals surface area contributed by atoms with Gasteiger partial charge in [0.05, 0.1) is 36.6 Å². The van der Waals surface area contributed by atoms with Crippen LogP contribution in [0.3, 0.4) is 0 Å². The van der Waals surface area contributed by atoms with Gasteiger partial charge in [0.1, 0.15) is 5.69 Å². The SMILES string of the molecule is Cc1c(CN2CCC[C@H](O)C2)n(C(C)C)c2cc(-c3nc(N[C@@H]4CCOC[C@H]4O)ncc3F)ccc2c1=O. The van der Waals surface area contributed by atoms with Crippen molar-refractivity contribution >= 4 is 16.9 Å². The van der Waals surface area contributed by atoms with Crippen molar-refractivity contribution in [2.45, 2.75) is 70.9 Å². The molecule has 10 heteroatoms. The van der Waals surface area contributed by atoms with Crippen molar-refractivity contribution in [2.24, 2.45) is 0 Å². The molecule has 2 aliphatic rings. The number of aromatic nitrogens is 3. The third-order valence-corrected chi connectivity index (χ3v) is 7.59. The van der Waals surface area contributed by atoms with Crippen LogP contribution >= 0.6 is 0 Å². The van der Waals surface area contributed by atoms with E-state index in [1.807, 2.05) is 13.0 Å². The molecule has 3 N–H and O–H groups in total. The maximum atomic E-state index is 15.0. The number of halogens is 1. The number of ether oxygens (including phenoxy) is 1. The normalized spacial score (nSPS) is 22.8. The lowest BCUT2D eigenvalue weighted by molar-refractivity contribution is -0.0136. The first kappa shape index (κ1) is 26.7. The number of β-amino-alcohol motifs (C(OH)–C–C–N with tert-alkyl or cyclic N) is 1. The Morgan fingerprint density at radius 3 is 2.82 bits per heavy atom. The number of fused-ring (bicyclic) bond motifs is 1. The predicted molar refractivity (Wildman–Crippen MR) is 144 cm³/mol. The molecule has 3 atom stereocenters. The number of anilines is 1. The number of benzene rings is 1. The molecule has 0 aliphatic carbocycles. The van der Waals surface area contributed by atoms with Gasteiger partial charge >= 0.3 is 0 Å². The molecular weight excluding hydrogens is 489 g/mol. The van der Waals surface area contributed by atoms with E-state index in [0.29, 0.717) is 48.1 Å². The van der Waals surface area contributed by atoms with E-state index in [2.05, 4.69) is 38.6 Å². The molecule has 2 aromatic heterocycles. The Morgan fingerprint density at radius 2 is 2.08 bits per heavy atom. The summed E-state index contributed by atoms with van der Waals surface area (Å²) in [5, 5.41) is 24.1. The van der Waals surface area contributed by atoms with E-state index < -0.39 is 11.9 Å². The molecule has 0 unspecified atom stereocenters. The van der Waals surface area contributed by atoms with E-state index >= 15 is 4.39 Å². The molecule has 0 radical (unpaired) electrons. The summed E-state index contributed by atoms with van der Waals surface area (Å²) in [4.78, 5) is 24.1. The fraction of sp³-hybridized carbons (Fsp3) is 0.536. The summed E-state index contributed by atoms with van der Waals surface area (Å²) in [5.41, 5.74) is 2.92. The Morgan fingerprint density at radius 1 is 1.26 bits per heavy atom. The van der Waals surface area contributed by atoms with Gasteiger partial charge in [-0.3, -0.25) is 9.69 Å². The first-order valence-corrected chi connectivity index (χ1v) is 13.4. The lowest BCUT2D eigenvalue weighted by atomic mass is 10.0. The number of nitrogens with zero attached hydrogens (tertiary/aromatic N) is 4. The molecule has 0 saturated carbocycles. The van der Waals surface area contributed by atoms with E-state index in [9.17, 15) is 15.0 Å². The summed E-state index contributed by atoms with van der Waals surface area (Å²) in [6.07, 6.45) is 2.36. The quantitative estimate of drug-likeness (QED) is 0.450. The minimum absolute atomic E-state index is 0.0410. The van der Waals surface area contributed by atoms with Gasteiger partial charge in [0.25, 0.3) is 0 Å². The number of rotatable bonds is 6. The molecule has 4 heterocycles. The van der Waals surface area contributed by atoms with Crippen molar-refractivity contribution in [1.29, 1.82) is 0 Å². The van der Waals surface area contributed by atoms with Crippen LogP contribution in [0.5, 0.6) is 0 Å². The number of nitrogens with one attached hydrogen (secondary N) is 1. The van der Waals surface area contributed by atoms with E-state index in [1.165, 1.54) is 0 Å². The maximum Gasteiger partial charge on any atom is 0.223 e. The van der Waals surface area contributed by atoms with Crippen molar-refractivity contribution in [1.82, 2.24) is 19.4 Å². The van der Waals surface area contributed by atoms with Gasteiger partial charge in [-0.2, -0.15) is 0 Å². The van der Waals surface area contributed by atoms with E-state index in [0.717, 1.165) is 31.3 Å². The van der Waals surface area contributed by atoms with Crippen LogP contribution in [0, 0.1) is 12.7 Å². The Bertz CT molecular complexity index is 1380. The van der Waals surface area contributed by atoms with Crippen molar-refractivity contribution in [2.75, 3.05) is 31.6 Å².